The number of rotatable bonds is 7. The van der Waals surface area contributed by atoms with E-state index in [1.165, 1.54) is 50.9 Å². The number of aromatic nitrogens is 1. The van der Waals surface area contributed by atoms with Gasteiger partial charge in [0.25, 0.3) is 0 Å². The fraction of sp³-hybridized carbons (Fsp3) is 0.133. The van der Waals surface area contributed by atoms with E-state index in [0.717, 1.165) is 0 Å². The fourth-order valence-electron chi connectivity index (χ4n) is 1.93. The van der Waals surface area contributed by atoms with E-state index in [1.807, 2.05) is 0 Å². The highest BCUT2D eigenvalue weighted by atomic mass is 16.6. The van der Waals surface area contributed by atoms with Crippen LogP contribution >= 0.6 is 0 Å². The number of hydrogen-bond donors (Lipinski definition) is 2. The number of pyridine rings is 1. The first-order valence-electron chi connectivity index (χ1n) is 6.85. The number of nitro benzene ring substituents is 1. The van der Waals surface area contributed by atoms with Crippen molar-refractivity contribution in [2.45, 2.75) is 0 Å². The minimum Gasteiger partial charge on any atom is -0.493 e. The third-order valence-corrected chi connectivity index (χ3v) is 3.08. The maximum atomic E-state index is 11.1. The molecule has 2 rings (SSSR count). The summed E-state index contributed by atoms with van der Waals surface area (Å²) in [5.74, 6) is -0.554. The Labute approximate surface area is 141 Å². The van der Waals surface area contributed by atoms with Crippen molar-refractivity contribution in [2.24, 2.45) is 5.10 Å². The second kappa shape index (κ2) is 7.73. The standard InChI is InChI=1S/C15H14N4O6/c1-24-12-6-9(5-11(19(22)23)14(12)25-2)7-17-18-13-4-3-10(8-16-13)15(20)21/h3-8H,1-2H3,(H,16,18)(H,20,21)/b17-7+. The van der Waals surface area contributed by atoms with Crippen LogP contribution in [0.1, 0.15) is 15.9 Å². The Hall–Kier alpha value is -3.69. The van der Waals surface area contributed by atoms with E-state index in [2.05, 4.69) is 15.5 Å². The third kappa shape index (κ3) is 4.19. The van der Waals surface area contributed by atoms with Gasteiger partial charge in [0.15, 0.2) is 5.75 Å². The molecule has 0 unspecified atom stereocenters. The van der Waals surface area contributed by atoms with Crippen LogP contribution < -0.4 is 14.9 Å². The van der Waals surface area contributed by atoms with Crippen molar-refractivity contribution in [3.63, 3.8) is 0 Å². The summed E-state index contributed by atoms with van der Waals surface area (Å²) < 4.78 is 10.1. The van der Waals surface area contributed by atoms with Crippen LogP contribution in [0.5, 0.6) is 11.5 Å². The summed E-state index contributed by atoms with van der Waals surface area (Å²) in [7, 11) is 2.68. The van der Waals surface area contributed by atoms with Crippen LogP contribution in [-0.2, 0) is 0 Å². The Morgan fingerprint density at radius 3 is 2.64 bits per heavy atom. The maximum Gasteiger partial charge on any atom is 0.337 e. The van der Waals surface area contributed by atoms with Crippen LogP contribution in [0.15, 0.2) is 35.6 Å². The molecule has 0 atom stereocenters. The van der Waals surface area contributed by atoms with Crippen molar-refractivity contribution < 1.29 is 24.3 Å². The van der Waals surface area contributed by atoms with Gasteiger partial charge in [-0.15, -0.1) is 0 Å². The van der Waals surface area contributed by atoms with Gasteiger partial charge < -0.3 is 14.6 Å². The van der Waals surface area contributed by atoms with Crippen LogP contribution in [0.4, 0.5) is 11.5 Å². The number of carbonyl (C=O) groups is 1. The van der Waals surface area contributed by atoms with E-state index < -0.39 is 10.9 Å². The number of nitrogens with zero attached hydrogens (tertiary/aromatic N) is 3. The lowest BCUT2D eigenvalue weighted by molar-refractivity contribution is -0.385. The van der Waals surface area contributed by atoms with Crippen molar-refractivity contribution in [3.05, 3.63) is 51.7 Å². The highest BCUT2D eigenvalue weighted by Gasteiger charge is 2.21. The maximum absolute atomic E-state index is 11.1. The van der Waals surface area contributed by atoms with E-state index in [9.17, 15) is 14.9 Å². The largest absolute Gasteiger partial charge is 0.493 e. The molecule has 25 heavy (non-hydrogen) atoms. The van der Waals surface area contributed by atoms with Crippen molar-refractivity contribution in [1.29, 1.82) is 0 Å². The van der Waals surface area contributed by atoms with Crippen LogP contribution in [0.25, 0.3) is 0 Å². The smallest absolute Gasteiger partial charge is 0.337 e. The summed E-state index contributed by atoms with van der Waals surface area (Å²) in [5.41, 5.74) is 2.79. The van der Waals surface area contributed by atoms with Crippen molar-refractivity contribution >= 4 is 23.7 Å². The predicted octanol–water partition coefficient (Wildman–Crippen LogP) is 2.15. The van der Waals surface area contributed by atoms with Crippen molar-refractivity contribution in [3.8, 4) is 11.5 Å². The molecular formula is C15H14N4O6. The molecule has 0 radical (unpaired) electrons. The molecule has 2 N–H and O–H groups in total. The first-order valence-corrected chi connectivity index (χ1v) is 6.85. The molecule has 130 valence electrons. The number of methoxy groups -OCH3 is 2. The van der Waals surface area contributed by atoms with Crippen LogP contribution in [0, 0.1) is 10.1 Å². The zero-order valence-corrected chi connectivity index (χ0v) is 13.3. The number of anilines is 1. The molecular weight excluding hydrogens is 332 g/mol. The molecule has 0 saturated carbocycles. The second-order valence-electron chi connectivity index (χ2n) is 4.64. The molecule has 0 spiro atoms. The molecule has 1 aromatic heterocycles. The summed E-state index contributed by atoms with van der Waals surface area (Å²) in [6.07, 6.45) is 2.52. The minimum atomic E-state index is -1.08. The van der Waals surface area contributed by atoms with Gasteiger partial charge in [-0.1, -0.05) is 0 Å². The Morgan fingerprint density at radius 2 is 2.12 bits per heavy atom. The summed E-state index contributed by atoms with van der Waals surface area (Å²) in [6, 6.07) is 5.62. The number of nitro groups is 1. The first-order chi connectivity index (χ1) is 12.0. The number of aromatic carboxylic acids is 1. The Kier molecular flexibility index (Phi) is 5.46. The van der Waals surface area contributed by atoms with Gasteiger partial charge in [-0.25, -0.2) is 9.78 Å². The number of nitrogens with one attached hydrogen (secondary N) is 1. The summed E-state index contributed by atoms with van der Waals surface area (Å²) >= 11 is 0. The number of hydrogen-bond acceptors (Lipinski definition) is 8. The van der Waals surface area contributed by atoms with Gasteiger partial charge in [-0.05, 0) is 18.2 Å². The van der Waals surface area contributed by atoms with Crippen LogP contribution in [0.3, 0.4) is 0 Å². The molecule has 0 bridgehead atoms. The van der Waals surface area contributed by atoms with Gasteiger partial charge in [-0.2, -0.15) is 5.10 Å². The topological polar surface area (TPSA) is 136 Å². The van der Waals surface area contributed by atoms with Gasteiger partial charge in [0, 0.05) is 17.8 Å². The predicted molar refractivity (Wildman–Crippen MR) is 88.6 cm³/mol. The summed E-state index contributed by atoms with van der Waals surface area (Å²) in [4.78, 5) is 25.2. The molecule has 1 aromatic carbocycles. The second-order valence-corrected chi connectivity index (χ2v) is 4.64. The van der Waals surface area contributed by atoms with E-state index in [4.69, 9.17) is 14.6 Å². The third-order valence-electron chi connectivity index (χ3n) is 3.08. The molecule has 0 amide bonds. The average molecular weight is 346 g/mol. The molecule has 1 heterocycles. The Morgan fingerprint density at radius 1 is 1.36 bits per heavy atom. The lowest BCUT2D eigenvalue weighted by Gasteiger charge is -2.08. The van der Waals surface area contributed by atoms with Gasteiger partial charge in [0.05, 0.1) is 30.9 Å². The summed E-state index contributed by atoms with van der Waals surface area (Å²) in [6.45, 7) is 0. The lowest BCUT2D eigenvalue weighted by Crippen LogP contribution is -2.00. The number of hydrazone groups is 1. The van der Waals surface area contributed by atoms with Gasteiger partial charge in [-0.3, -0.25) is 15.5 Å². The van der Waals surface area contributed by atoms with Gasteiger partial charge >= 0.3 is 11.7 Å². The fourth-order valence-corrected chi connectivity index (χ4v) is 1.93. The molecule has 0 aliphatic carbocycles. The van der Waals surface area contributed by atoms with Crippen LogP contribution in [-0.4, -0.2) is 41.4 Å². The zero-order valence-electron chi connectivity index (χ0n) is 13.3. The van der Waals surface area contributed by atoms with Crippen LogP contribution in [0.2, 0.25) is 0 Å². The van der Waals surface area contributed by atoms with E-state index in [1.54, 1.807) is 0 Å². The SMILES string of the molecule is COc1cc(/C=N/Nc2ccc(C(=O)O)cn2)cc([N+](=O)[O-])c1OC. The number of ether oxygens (including phenoxy) is 2. The molecule has 0 saturated heterocycles. The van der Waals surface area contributed by atoms with E-state index in [-0.39, 0.29) is 22.7 Å². The molecule has 2 aromatic rings. The molecule has 0 aliphatic heterocycles. The summed E-state index contributed by atoms with van der Waals surface area (Å²) in [5, 5.41) is 23.8. The first kappa shape index (κ1) is 17.7. The zero-order chi connectivity index (χ0) is 18.4. The number of carboxylic acids is 1. The van der Waals surface area contributed by atoms with E-state index >= 15 is 0 Å². The molecule has 0 fully saturated rings. The monoisotopic (exact) mass is 346 g/mol. The normalized spacial score (nSPS) is 10.5. The molecule has 10 nitrogen and oxygen atoms in total. The van der Waals surface area contributed by atoms with Gasteiger partial charge in [0.1, 0.15) is 5.82 Å². The van der Waals surface area contributed by atoms with Gasteiger partial charge in [0.2, 0.25) is 5.75 Å². The Bertz CT molecular complexity index is 820. The Balaban J connectivity index is 2.21. The molecule has 10 heteroatoms. The quantitative estimate of drug-likeness (QED) is 0.442. The minimum absolute atomic E-state index is 0.0172. The average Bonchev–Trinajstić information content (AvgIpc) is 2.61. The highest BCUT2D eigenvalue weighted by molar-refractivity contribution is 5.87. The number of benzene rings is 1. The number of carboxylic acid groups (broad SMARTS) is 1. The highest BCUT2D eigenvalue weighted by Crippen LogP contribution is 2.37. The lowest BCUT2D eigenvalue weighted by atomic mass is 10.2. The van der Waals surface area contributed by atoms with Crippen molar-refractivity contribution in [2.75, 3.05) is 19.6 Å². The molecule has 0 aliphatic rings. The van der Waals surface area contributed by atoms with Crippen molar-refractivity contribution in [1.82, 2.24) is 4.98 Å². The van der Waals surface area contributed by atoms with E-state index in [0.29, 0.717) is 11.4 Å².